The van der Waals surface area contributed by atoms with E-state index in [9.17, 15) is 8.78 Å². The smallest absolute Gasteiger partial charge is 0.387 e. The van der Waals surface area contributed by atoms with Crippen LogP contribution in [-0.4, -0.2) is 21.8 Å². The number of hydrogen-bond donors (Lipinski definition) is 1. The van der Waals surface area contributed by atoms with Crippen LogP contribution in [0.1, 0.15) is 30.8 Å². The van der Waals surface area contributed by atoms with Crippen molar-refractivity contribution in [1.29, 1.82) is 0 Å². The Morgan fingerprint density at radius 1 is 1.14 bits per heavy atom. The average Bonchev–Trinajstić information content (AvgIpc) is 2.52. The molecule has 1 aromatic heterocycles. The summed E-state index contributed by atoms with van der Waals surface area (Å²) in [5.74, 6) is 0.554. The quantitative estimate of drug-likeness (QED) is 0.851. The minimum atomic E-state index is -2.83. The van der Waals surface area contributed by atoms with Gasteiger partial charge in [0.15, 0.2) is 0 Å². The maximum atomic E-state index is 12.2. The number of halogens is 2. The Hall–Kier alpha value is -2.31. The largest absolute Gasteiger partial charge is 0.435 e. The molecule has 2 aromatic rings. The Morgan fingerprint density at radius 3 is 2.59 bits per heavy atom. The summed E-state index contributed by atoms with van der Waals surface area (Å²) in [4.78, 5) is 4.41. The summed E-state index contributed by atoms with van der Waals surface area (Å²) in [6.07, 6.45) is 1.57. The van der Waals surface area contributed by atoms with Gasteiger partial charge < -0.3 is 10.1 Å². The van der Waals surface area contributed by atoms with Gasteiger partial charge in [0, 0.05) is 6.54 Å². The van der Waals surface area contributed by atoms with Crippen LogP contribution in [0.3, 0.4) is 0 Å². The summed E-state index contributed by atoms with van der Waals surface area (Å²) in [5.41, 5.74) is 2.59. The van der Waals surface area contributed by atoms with E-state index < -0.39 is 6.61 Å². The van der Waals surface area contributed by atoms with Crippen molar-refractivity contribution in [3.05, 3.63) is 41.2 Å². The molecule has 0 fully saturated rings. The van der Waals surface area contributed by atoms with Crippen molar-refractivity contribution in [2.24, 2.45) is 0 Å². The van der Waals surface area contributed by atoms with E-state index in [4.69, 9.17) is 0 Å². The first-order chi connectivity index (χ1) is 10.6. The highest BCUT2D eigenvalue weighted by atomic mass is 19.3. The van der Waals surface area contributed by atoms with Gasteiger partial charge in [0.25, 0.3) is 0 Å². The lowest BCUT2D eigenvalue weighted by atomic mass is 10.2. The van der Waals surface area contributed by atoms with Crippen molar-refractivity contribution in [2.75, 3.05) is 5.32 Å². The molecule has 1 N–H and O–H groups in total. The van der Waals surface area contributed by atoms with Crippen molar-refractivity contribution < 1.29 is 13.5 Å². The Labute approximate surface area is 127 Å². The maximum absolute atomic E-state index is 12.2. The molecular weight excluding hydrogens is 290 g/mol. The Balaban J connectivity index is 2.03. The first-order valence-corrected chi connectivity index (χ1v) is 7.12. The van der Waals surface area contributed by atoms with Gasteiger partial charge in [-0.1, -0.05) is 26.0 Å². The summed E-state index contributed by atoms with van der Waals surface area (Å²) in [6.45, 7) is 1.59. The lowest BCUT2D eigenvalue weighted by Crippen LogP contribution is -2.09. The van der Waals surface area contributed by atoms with Crippen molar-refractivity contribution in [3.8, 4) is 5.75 Å². The highest BCUT2D eigenvalue weighted by Gasteiger charge is 2.07. The molecule has 0 saturated carbocycles. The second-order valence-corrected chi connectivity index (χ2v) is 4.62. The van der Waals surface area contributed by atoms with Gasteiger partial charge in [-0.25, -0.2) is 4.98 Å². The first kappa shape index (κ1) is 16.1. The number of rotatable bonds is 7. The molecule has 0 spiro atoms. The molecule has 0 aliphatic heterocycles. The molecule has 1 aromatic carbocycles. The summed E-state index contributed by atoms with van der Waals surface area (Å²) >= 11 is 0. The summed E-state index contributed by atoms with van der Waals surface area (Å²) in [6, 6.07) is 6.50. The van der Waals surface area contributed by atoms with Crippen molar-refractivity contribution in [3.63, 3.8) is 0 Å². The van der Waals surface area contributed by atoms with Crippen LogP contribution in [-0.2, 0) is 19.4 Å². The van der Waals surface area contributed by atoms with Gasteiger partial charge in [0.1, 0.15) is 5.75 Å². The van der Waals surface area contributed by atoms with Gasteiger partial charge in [-0.05, 0) is 30.5 Å². The molecule has 5 nitrogen and oxygen atoms in total. The lowest BCUT2D eigenvalue weighted by Gasteiger charge is -2.09. The van der Waals surface area contributed by atoms with Crippen LogP contribution in [0.15, 0.2) is 24.3 Å². The minimum Gasteiger partial charge on any atom is -0.435 e. The molecular formula is C15H18F2N4O. The van der Waals surface area contributed by atoms with Crippen molar-refractivity contribution in [1.82, 2.24) is 15.2 Å². The molecule has 0 bridgehead atoms. The summed E-state index contributed by atoms with van der Waals surface area (Å²) in [5, 5.41) is 11.2. The number of nitrogens with one attached hydrogen (secondary N) is 1. The number of aryl methyl sites for hydroxylation is 2. The topological polar surface area (TPSA) is 59.9 Å². The standard InChI is InChI=1S/C15H18F2N4O/c1-3-12-13(4-2)20-21-15(19-12)18-9-10-6-5-7-11(8-10)22-14(16)17/h5-8,14H,3-4,9H2,1-2H3,(H,18,19,21). The van der Waals surface area contributed by atoms with E-state index >= 15 is 0 Å². The van der Waals surface area contributed by atoms with Crippen LogP contribution in [0, 0.1) is 0 Å². The predicted molar refractivity (Wildman–Crippen MR) is 79.0 cm³/mol. The molecule has 0 aliphatic rings. The van der Waals surface area contributed by atoms with E-state index in [1.165, 1.54) is 6.07 Å². The van der Waals surface area contributed by atoms with Gasteiger partial charge in [-0.3, -0.25) is 0 Å². The number of benzene rings is 1. The van der Waals surface area contributed by atoms with Crippen molar-refractivity contribution >= 4 is 5.95 Å². The summed E-state index contributed by atoms with van der Waals surface area (Å²) in [7, 11) is 0. The molecule has 1 heterocycles. The van der Waals surface area contributed by atoms with Crippen LogP contribution >= 0.6 is 0 Å². The van der Waals surface area contributed by atoms with Crippen LogP contribution in [0.2, 0.25) is 0 Å². The third-order valence-electron chi connectivity index (χ3n) is 3.08. The molecule has 0 unspecified atom stereocenters. The van der Waals surface area contributed by atoms with Crippen LogP contribution in [0.4, 0.5) is 14.7 Å². The first-order valence-electron chi connectivity index (χ1n) is 7.12. The normalized spacial score (nSPS) is 10.8. The fourth-order valence-corrected chi connectivity index (χ4v) is 2.03. The number of anilines is 1. The van der Waals surface area contributed by atoms with E-state index in [0.717, 1.165) is 29.8 Å². The fourth-order valence-electron chi connectivity index (χ4n) is 2.03. The third kappa shape index (κ3) is 4.34. The van der Waals surface area contributed by atoms with E-state index in [-0.39, 0.29) is 5.75 Å². The lowest BCUT2D eigenvalue weighted by molar-refractivity contribution is -0.0498. The van der Waals surface area contributed by atoms with Gasteiger partial charge in [0.2, 0.25) is 5.95 Å². The zero-order chi connectivity index (χ0) is 15.9. The molecule has 2 rings (SSSR count). The Kier molecular flexibility index (Phi) is 5.57. The molecule has 0 atom stereocenters. The molecule has 0 amide bonds. The summed E-state index contributed by atoms with van der Waals surface area (Å²) < 4.78 is 28.8. The Bertz CT molecular complexity index is 622. The van der Waals surface area contributed by atoms with Gasteiger partial charge >= 0.3 is 6.61 Å². The van der Waals surface area contributed by atoms with Gasteiger partial charge in [-0.15, -0.1) is 5.10 Å². The Morgan fingerprint density at radius 2 is 1.91 bits per heavy atom. The van der Waals surface area contributed by atoms with E-state index in [2.05, 4.69) is 25.2 Å². The zero-order valence-corrected chi connectivity index (χ0v) is 12.5. The number of alkyl halides is 2. The molecule has 7 heteroatoms. The fraction of sp³-hybridized carbons (Fsp3) is 0.400. The van der Waals surface area contributed by atoms with Gasteiger partial charge in [-0.2, -0.15) is 13.9 Å². The number of nitrogens with zero attached hydrogens (tertiary/aromatic N) is 3. The molecule has 0 saturated heterocycles. The molecule has 22 heavy (non-hydrogen) atoms. The number of aromatic nitrogens is 3. The average molecular weight is 308 g/mol. The molecule has 0 aliphatic carbocycles. The highest BCUT2D eigenvalue weighted by Crippen LogP contribution is 2.16. The van der Waals surface area contributed by atoms with Crippen LogP contribution in [0.25, 0.3) is 0 Å². The van der Waals surface area contributed by atoms with Crippen LogP contribution < -0.4 is 10.1 Å². The number of hydrogen-bond acceptors (Lipinski definition) is 5. The van der Waals surface area contributed by atoms with E-state index in [1.807, 2.05) is 13.8 Å². The third-order valence-corrected chi connectivity index (χ3v) is 3.08. The van der Waals surface area contributed by atoms with Gasteiger partial charge in [0.05, 0.1) is 11.4 Å². The SMILES string of the molecule is CCc1nnc(NCc2cccc(OC(F)F)c2)nc1CC. The van der Waals surface area contributed by atoms with Crippen LogP contribution in [0.5, 0.6) is 5.75 Å². The predicted octanol–water partition coefficient (Wildman–Crippen LogP) is 3.21. The van der Waals surface area contributed by atoms with E-state index in [1.54, 1.807) is 18.2 Å². The second kappa shape index (κ2) is 7.63. The minimum absolute atomic E-state index is 0.129. The monoisotopic (exact) mass is 308 g/mol. The zero-order valence-electron chi connectivity index (χ0n) is 12.5. The van der Waals surface area contributed by atoms with Crippen molar-refractivity contribution in [2.45, 2.75) is 39.8 Å². The highest BCUT2D eigenvalue weighted by molar-refractivity contribution is 5.32. The molecule has 0 radical (unpaired) electrons. The maximum Gasteiger partial charge on any atom is 0.387 e. The second-order valence-electron chi connectivity index (χ2n) is 4.62. The molecule has 118 valence electrons. The number of ether oxygens (including phenoxy) is 1. The van der Waals surface area contributed by atoms with E-state index in [0.29, 0.717) is 12.5 Å².